The van der Waals surface area contributed by atoms with Crippen LogP contribution in [0.1, 0.15) is 126 Å². The molecule has 0 unspecified atom stereocenters. The molecule has 272 valence electrons. The second-order valence-electron chi connectivity index (χ2n) is 14.2. The average Bonchev–Trinajstić information content (AvgIpc) is 3.22. The van der Waals surface area contributed by atoms with Gasteiger partial charge in [-0.2, -0.15) is 0 Å². The number of carbonyl (C=O) groups is 1. The van der Waals surface area contributed by atoms with Crippen molar-refractivity contribution in [3.63, 3.8) is 0 Å². The molecule has 0 aliphatic heterocycles. The molecule has 0 heterocycles. The molecular formula is C49H52O4. The van der Waals surface area contributed by atoms with E-state index in [0.29, 0.717) is 11.5 Å². The number of carbonyl (C=O) groups excluding carboxylic acids is 1. The monoisotopic (exact) mass is 704 g/mol. The number of rotatable bonds is 17. The van der Waals surface area contributed by atoms with Crippen LogP contribution in [-0.4, -0.2) is 5.97 Å². The van der Waals surface area contributed by atoms with Crippen LogP contribution in [0.3, 0.4) is 0 Å². The minimum atomic E-state index is -0.748. The summed E-state index contributed by atoms with van der Waals surface area (Å²) in [7, 11) is 0. The Morgan fingerprint density at radius 2 is 1.25 bits per heavy atom. The summed E-state index contributed by atoms with van der Waals surface area (Å²) < 4.78 is 6.32. The fourth-order valence-electron chi connectivity index (χ4n) is 7.25. The van der Waals surface area contributed by atoms with Gasteiger partial charge in [0, 0.05) is 0 Å². The van der Waals surface area contributed by atoms with Gasteiger partial charge in [-0.1, -0.05) is 179 Å². The molecule has 1 aliphatic carbocycles. The number of ether oxygens (including phenoxy) is 1. The topological polar surface area (TPSA) is 44.8 Å². The largest absolute Gasteiger partial charge is 0.451 e. The lowest BCUT2D eigenvalue weighted by atomic mass is 9.77. The Kier molecular flexibility index (Phi) is 14.0. The first-order valence-electron chi connectivity index (χ1n) is 19.3. The van der Waals surface area contributed by atoms with Gasteiger partial charge in [0.05, 0.1) is 5.56 Å². The molecule has 0 saturated heterocycles. The molecule has 1 fully saturated rings. The Bertz CT molecular complexity index is 1850. The minimum Gasteiger partial charge on any atom is -0.451 e. The van der Waals surface area contributed by atoms with E-state index in [4.69, 9.17) is 14.5 Å². The lowest BCUT2D eigenvalue weighted by Gasteiger charge is -2.29. The molecule has 0 aromatic heterocycles. The first-order valence-corrected chi connectivity index (χ1v) is 19.3. The van der Waals surface area contributed by atoms with E-state index in [1.165, 1.54) is 56.9 Å². The number of unbranched alkanes of at least 4 members (excludes halogenated alkanes) is 2. The number of benzene rings is 5. The predicted octanol–water partition coefficient (Wildman–Crippen LogP) is 13.1. The standard InChI is InChI=1S/C49H52O4/c1-3-5-8-13-38-28-30-42(31-29-38)43-32-34-46(35-33-43)49(50)52-47(44-14-9-6-10-15-44)48(45-16-11-7-12-17-45)53-51-36-41-26-24-40(25-27-41)23-22-39-20-18-37(4-2)19-21-39/h4,6-7,9-12,14-27,32-35,38,42,47-48H,2-3,5,8,13,28-31,36H2,1H3/b23-22+/t38?,42?,47-,48-/m0/s1. The molecule has 6 rings (SSSR count). The Morgan fingerprint density at radius 3 is 1.83 bits per heavy atom. The smallest absolute Gasteiger partial charge is 0.338 e. The van der Waals surface area contributed by atoms with Crippen LogP contribution < -0.4 is 0 Å². The van der Waals surface area contributed by atoms with Crippen molar-refractivity contribution in [3.05, 3.63) is 185 Å². The summed E-state index contributed by atoms with van der Waals surface area (Å²) in [6.07, 6.45) is 15.0. The summed E-state index contributed by atoms with van der Waals surface area (Å²) in [5, 5.41) is 0. The highest BCUT2D eigenvalue weighted by Gasteiger charge is 2.31. The number of hydrogen-bond acceptors (Lipinski definition) is 4. The molecule has 5 aromatic rings. The molecule has 0 bridgehead atoms. The quantitative estimate of drug-likeness (QED) is 0.0318. The van der Waals surface area contributed by atoms with E-state index < -0.39 is 18.2 Å². The summed E-state index contributed by atoms with van der Waals surface area (Å²) in [5.41, 5.74) is 7.77. The third kappa shape index (κ3) is 11.0. The highest BCUT2D eigenvalue weighted by molar-refractivity contribution is 5.89. The Labute approximate surface area is 316 Å². The van der Waals surface area contributed by atoms with Crippen LogP contribution >= 0.6 is 0 Å². The summed E-state index contributed by atoms with van der Waals surface area (Å²) in [6, 6.07) is 44.0. The second-order valence-corrected chi connectivity index (χ2v) is 14.2. The highest BCUT2D eigenvalue weighted by Crippen LogP contribution is 2.39. The third-order valence-corrected chi connectivity index (χ3v) is 10.5. The van der Waals surface area contributed by atoms with Crippen LogP contribution in [0, 0.1) is 5.92 Å². The third-order valence-electron chi connectivity index (χ3n) is 10.5. The molecule has 4 nitrogen and oxygen atoms in total. The average molecular weight is 705 g/mol. The Balaban J connectivity index is 1.11. The SMILES string of the molecule is C=Cc1ccc(/C=C/c2ccc(COO[C@@H](c3ccccc3)[C@@H](OC(=O)c3ccc(C4CCC(CCCCC)CC4)cc3)c3ccccc3)cc2)cc1. The lowest BCUT2D eigenvalue weighted by Crippen LogP contribution is -2.21. The maximum atomic E-state index is 13.8. The van der Waals surface area contributed by atoms with Crippen molar-refractivity contribution in [2.45, 2.75) is 83.0 Å². The van der Waals surface area contributed by atoms with Crippen molar-refractivity contribution in [3.8, 4) is 0 Å². The molecule has 53 heavy (non-hydrogen) atoms. The summed E-state index contributed by atoms with van der Waals surface area (Å²) in [5.74, 6) is 1.03. The molecule has 0 amide bonds. The fourth-order valence-corrected chi connectivity index (χ4v) is 7.25. The van der Waals surface area contributed by atoms with Gasteiger partial charge in [0.1, 0.15) is 6.61 Å². The van der Waals surface area contributed by atoms with E-state index in [9.17, 15) is 4.79 Å². The van der Waals surface area contributed by atoms with Gasteiger partial charge in [-0.3, -0.25) is 0 Å². The molecule has 0 N–H and O–H groups in total. The van der Waals surface area contributed by atoms with Crippen molar-refractivity contribution < 1.29 is 19.3 Å². The predicted molar refractivity (Wildman–Crippen MR) is 217 cm³/mol. The molecule has 0 spiro atoms. The van der Waals surface area contributed by atoms with Gasteiger partial charge in [-0.15, -0.1) is 0 Å². The van der Waals surface area contributed by atoms with Crippen molar-refractivity contribution in [1.29, 1.82) is 0 Å². The first kappa shape index (κ1) is 37.7. The molecule has 2 atom stereocenters. The second kappa shape index (κ2) is 19.7. The van der Waals surface area contributed by atoms with Crippen LogP contribution in [0.2, 0.25) is 0 Å². The van der Waals surface area contributed by atoms with E-state index >= 15 is 0 Å². The van der Waals surface area contributed by atoms with Gasteiger partial charge >= 0.3 is 5.97 Å². The fraction of sp³-hybridized carbons (Fsp3) is 0.286. The van der Waals surface area contributed by atoms with Gasteiger partial charge in [0.2, 0.25) is 0 Å². The van der Waals surface area contributed by atoms with Crippen molar-refractivity contribution >= 4 is 24.2 Å². The van der Waals surface area contributed by atoms with Gasteiger partial charge < -0.3 is 4.74 Å². The van der Waals surface area contributed by atoms with Crippen LogP contribution in [0.15, 0.2) is 140 Å². The van der Waals surface area contributed by atoms with Crippen molar-refractivity contribution in [2.24, 2.45) is 5.92 Å². The molecular weight excluding hydrogens is 653 g/mol. The molecule has 5 aromatic carbocycles. The Hall–Kier alpha value is -5.03. The summed E-state index contributed by atoms with van der Waals surface area (Å²) in [6.45, 7) is 6.32. The molecule has 4 heteroatoms. The Morgan fingerprint density at radius 1 is 0.679 bits per heavy atom. The van der Waals surface area contributed by atoms with Crippen LogP contribution in [0.5, 0.6) is 0 Å². The van der Waals surface area contributed by atoms with E-state index in [1.807, 2.05) is 91.0 Å². The maximum absolute atomic E-state index is 13.8. The van der Waals surface area contributed by atoms with E-state index in [0.717, 1.165) is 39.3 Å². The van der Waals surface area contributed by atoms with E-state index in [-0.39, 0.29) is 6.61 Å². The van der Waals surface area contributed by atoms with E-state index in [1.54, 1.807) is 0 Å². The summed E-state index contributed by atoms with van der Waals surface area (Å²) >= 11 is 0. The highest BCUT2D eigenvalue weighted by atomic mass is 17.2. The van der Waals surface area contributed by atoms with Gasteiger partial charge in [-0.05, 0) is 88.6 Å². The zero-order valence-electron chi connectivity index (χ0n) is 30.9. The van der Waals surface area contributed by atoms with Crippen molar-refractivity contribution in [1.82, 2.24) is 0 Å². The first-order chi connectivity index (χ1) is 26.1. The maximum Gasteiger partial charge on any atom is 0.338 e. The number of esters is 1. The van der Waals surface area contributed by atoms with E-state index in [2.05, 4.69) is 74.2 Å². The van der Waals surface area contributed by atoms with Crippen LogP contribution in [0.4, 0.5) is 0 Å². The molecule has 1 aliphatic rings. The van der Waals surface area contributed by atoms with Crippen molar-refractivity contribution in [2.75, 3.05) is 0 Å². The van der Waals surface area contributed by atoms with Gasteiger partial charge in [-0.25, -0.2) is 14.6 Å². The van der Waals surface area contributed by atoms with Gasteiger partial charge in [0.15, 0.2) is 12.2 Å². The van der Waals surface area contributed by atoms with Gasteiger partial charge in [0.25, 0.3) is 0 Å². The van der Waals surface area contributed by atoms with Crippen LogP contribution in [-0.2, 0) is 21.1 Å². The zero-order chi connectivity index (χ0) is 36.7. The summed E-state index contributed by atoms with van der Waals surface area (Å²) in [4.78, 5) is 25.9. The minimum absolute atomic E-state index is 0.230. The molecule has 0 radical (unpaired) electrons. The normalized spacial score (nSPS) is 16.9. The zero-order valence-corrected chi connectivity index (χ0v) is 30.9. The molecule has 1 saturated carbocycles. The lowest BCUT2D eigenvalue weighted by molar-refractivity contribution is -0.350. The number of hydrogen-bond donors (Lipinski definition) is 0. The van der Waals surface area contributed by atoms with Crippen LogP contribution in [0.25, 0.3) is 18.2 Å².